The maximum atomic E-state index is 12.3. The van der Waals surface area contributed by atoms with Crippen molar-refractivity contribution in [3.63, 3.8) is 0 Å². The van der Waals surface area contributed by atoms with Crippen LogP contribution in [0.25, 0.3) is 11.1 Å². The van der Waals surface area contributed by atoms with Gasteiger partial charge in [0.2, 0.25) is 0 Å². The second kappa shape index (κ2) is 8.35. The largest absolute Gasteiger partial charge is 0.357 e. The van der Waals surface area contributed by atoms with Gasteiger partial charge in [-0.3, -0.25) is 4.79 Å². The standard InChI is InChI=1S/C22H23N3OS/c26-22(24-16-20-5-4-14-27-20)18-8-6-17(7-9-18)19-10-11-21(23-15-19)25-12-2-1-3-13-25/h4-11,14-15H,1-3,12-13,16H2,(H,24,26). The van der Waals surface area contributed by atoms with Gasteiger partial charge in [-0.25, -0.2) is 4.98 Å². The van der Waals surface area contributed by atoms with Gasteiger partial charge >= 0.3 is 0 Å². The minimum atomic E-state index is -0.0477. The van der Waals surface area contributed by atoms with Gasteiger partial charge in [-0.15, -0.1) is 11.3 Å². The lowest BCUT2D eigenvalue weighted by molar-refractivity contribution is 0.0951. The minimum Gasteiger partial charge on any atom is -0.357 e. The molecule has 138 valence electrons. The maximum Gasteiger partial charge on any atom is 0.251 e. The molecule has 1 saturated heterocycles. The highest BCUT2D eigenvalue weighted by atomic mass is 32.1. The zero-order chi connectivity index (χ0) is 18.5. The van der Waals surface area contributed by atoms with Crippen molar-refractivity contribution in [1.82, 2.24) is 10.3 Å². The Balaban J connectivity index is 1.40. The van der Waals surface area contributed by atoms with Crippen molar-refractivity contribution in [2.75, 3.05) is 18.0 Å². The molecule has 1 N–H and O–H groups in total. The van der Waals surface area contributed by atoms with Gasteiger partial charge in [0.15, 0.2) is 0 Å². The topological polar surface area (TPSA) is 45.2 Å². The molecule has 0 aliphatic carbocycles. The number of carbonyl (C=O) groups excluding carboxylic acids is 1. The summed E-state index contributed by atoms with van der Waals surface area (Å²) in [6, 6.07) is 15.9. The van der Waals surface area contributed by atoms with Crippen molar-refractivity contribution in [3.8, 4) is 11.1 Å². The summed E-state index contributed by atoms with van der Waals surface area (Å²) >= 11 is 1.65. The van der Waals surface area contributed by atoms with E-state index in [1.807, 2.05) is 48.0 Å². The van der Waals surface area contributed by atoms with E-state index in [4.69, 9.17) is 0 Å². The van der Waals surface area contributed by atoms with Crippen LogP contribution in [0.1, 0.15) is 34.5 Å². The van der Waals surface area contributed by atoms with Crippen LogP contribution in [0.2, 0.25) is 0 Å². The first kappa shape index (κ1) is 17.7. The lowest BCUT2D eigenvalue weighted by atomic mass is 10.1. The molecule has 3 heterocycles. The normalized spacial score (nSPS) is 14.1. The minimum absolute atomic E-state index is 0.0477. The molecule has 1 aliphatic rings. The zero-order valence-electron chi connectivity index (χ0n) is 15.2. The molecule has 0 atom stereocenters. The molecule has 1 fully saturated rings. The first-order valence-corrected chi connectivity index (χ1v) is 10.3. The highest BCUT2D eigenvalue weighted by Gasteiger charge is 2.12. The quantitative estimate of drug-likeness (QED) is 0.699. The first-order chi connectivity index (χ1) is 13.3. The fourth-order valence-corrected chi connectivity index (χ4v) is 4.01. The number of hydrogen-bond donors (Lipinski definition) is 1. The van der Waals surface area contributed by atoms with Gasteiger partial charge in [-0.05, 0) is 60.5 Å². The van der Waals surface area contributed by atoms with E-state index in [-0.39, 0.29) is 5.91 Å². The van der Waals surface area contributed by atoms with Crippen LogP contribution in [0.3, 0.4) is 0 Å². The van der Waals surface area contributed by atoms with Crippen LogP contribution in [0.5, 0.6) is 0 Å². The third-order valence-corrected chi connectivity index (χ3v) is 5.79. The number of amides is 1. The number of anilines is 1. The lowest BCUT2D eigenvalue weighted by Crippen LogP contribution is -2.29. The predicted molar refractivity (Wildman–Crippen MR) is 111 cm³/mol. The number of aromatic nitrogens is 1. The summed E-state index contributed by atoms with van der Waals surface area (Å²) < 4.78 is 0. The molecule has 0 bridgehead atoms. The number of rotatable bonds is 5. The number of carbonyl (C=O) groups is 1. The van der Waals surface area contributed by atoms with Gasteiger partial charge in [-0.1, -0.05) is 18.2 Å². The Morgan fingerprint density at radius 1 is 1.00 bits per heavy atom. The van der Waals surface area contributed by atoms with Crippen LogP contribution in [-0.4, -0.2) is 24.0 Å². The monoisotopic (exact) mass is 377 g/mol. The molecule has 1 aliphatic heterocycles. The van der Waals surface area contributed by atoms with E-state index in [9.17, 15) is 4.79 Å². The average molecular weight is 378 g/mol. The molecule has 0 spiro atoms. The van der Waals surface area contributed by atoms with Gasteiger partial charge in [0, 0.05) is 35.3 Å². The maximum absolute atomic E-state index is 12.3. The van der Waals surface area contributed by atoms with Gasteiger partial charge < -0.3 is 10.2 Å². The Labute approximate surface area is 163 Å². The van der Waals surface area contributed by atoms with E-state index in [1.54, 1.807) is 11.3 Å². The van der Waals surface area contributed by atoms with Crippen molar-refractivity contribution in [3.05, 3.63) is 70.5 Å². The van der Waals surface area contributed by atoms with Crippen molar-refractivity contribution in [2.45, 2.75) is 25.8 Å². The van der Waals surface area contributed by atoms with E-state index in [2.05, 4.69) is 27.3 Å². The third-order valence-electron chi connectivity index (χ3n) is 4.91. The van der Waals surface area contributed by atoms with Gasteiger partial charge in [0.1, 0.15) is 5.82 Å². The van der Waals surface area contributed by atoms with Gasteiger partial charge in [0.25, 0.3) is 5.91 Å². The molecule has 5 heteroatoms. The highest BCUT2D eigenvalue weighted by molar-refractivity contribution is 7.09. The molecular weight excluding hydrogens is 354 g/mol. The Morgan fingerprint density at radius 3 is 2.44 bits per heavy atom. The van der Waals surface area contributed by atoms with Gasteiger partial charge in [-0.2, -0.15) is 0 Å². The third kappa shape index (κ3) is 4.37. The molecule has 1 aromatic carbocycles. The van der Waals surface area contributed by atoms with Crippen LogP contribution in [0.15, 0.2) is 60.1 Å². The van der Waals surface area contributed by atoms with Crippen molar-refractivity contribution < 1.29 is 4.79 Å². The van der Waals surface area contributed by atoms with Crippen LogP contribution < -0.4 is 10.2 Å². The molecule has 1 amide bonds. The summed E-state index contributed by atoms with van der Waals surface area (Å²) in [4.78, 5) is 20.4. The van der Waals surface area contributed by atoms with E-state index >= 15 is 0 Å². The van der Waals surface area contributed by atoms with Crippen molar-refractivity contribution in [1.29, 1.82) is 0 Å². The molecular formula is C22H23N3OS. The van der Waals surface area contributed by atoms with E-state index in [1.165, 1.54) is 19.3 Å². The number of benzene rings is 1. The van der Waals surface area contributed by atoms with Crippen molar-refractivity contribution in [2.24, 2.45) is 0 Å². The van der Waals surface area contributed by atoms with E-state index < -0.39 is 0 Å². The molecule has 27 heavy (non-hydrogen) atoms. The number of pyridine rings is 1. The second-order valence-corrected chi connectivity index (χ2v) is 7.82. The van der Waals surface area contributed by atoms with Crippen LogP contribution in [0.4, 0.5) is 5.82 Å². The molecule has 4 nitrogen and oxygen atoms in total. The fourth-order valence-electron chi connectivity index (χ4n) is 3.36. The molecule has 0 radical (unpaired) electrons. The van der Waals surface area contributed by atoms with Crippen LogP contribution in [0, 0.1) is 0 Å². The Hall–Kier alpha value is -2.66. The highest BCUT2D eigenvalue weighted by Crippen LogP contribution is 2.23. The Morgan fingerprint density at radius 2 is 1.78 bits per heavy atom. The Kier molecular flexibility index (Phi) is 5.49. The van der Waals surface area contributed by atoms with Crippen molar-refractivity contribution >= 4 is 23.1 Å². The fraction of sp³-hybridized carbons (Fsp3) is 0.273. The summed E-state index contributed by atoms with van der Waals surface area (Å²) in [6.45, 7) is 2.77. The number of nitrogens with one attached hydrogen (secondary N) is 1. The average Bonchev–Trinajstić information content (AvgIpc) is 3.27. The number of nitrogens with zero attached hydrogens (tertiary/aromatic N) is 2. The second-order valence-electron chi connectivity index (χ2n) is 6.79. The molecule has 0 unspecified atom stereocenters. The Bertz CT molecular complexity index is 867. The predicted octanol–water partition coefficient (Wildman–Crippen LogP) is 4.73. The zero-order valence-corrected chi connectivity index (χ0v) is 16.0. The first-order valence-electron chi connectivity index (χ1n) is 9.41. The van der Waals surface area contributed by atoms with Crippen LogP contribution >= 0.6 is 11.3 Å². The van der Waals surface area contributed by atoms with E-state index in [0.29, 0.717) is 12.1 Å². The summed E-state index contributed by atoms with van der Waals surface area (Å²) in [6.07, 6.45) is 5.75. The smallest absolute Gasteiger partial charge is 0.251 e. The SMILES string of the molecule is O=C(NCc1cccs1)c1ccc(-c2ccc(N3CCCCC3)nc2)cc1. The van der Waals surface area contributed by atoms with E-state index in [0.717, 1.165) is 34.9 Å². The summed E-state index contributed by atoms with van der Waals surface area (Å²) in [5.41, 5.74) is 2.82. The lowest BCUT2D eigenvalue weighted by Gasteiger charge is -2.27. The summed E-state index contributed by atoms with van der Waals surface area (Å²) in [5.74, 6) is 1.01. The van der Waals surface area contributed by atoms with Gasteiger partial charge in [0.05, 0.1) is 6.54 Å². The number of piperidine rings is 1. The summed E-state index contributed by atoms with van der Waals surface area (Å²) in [5, 5.41) is 4.97. The number of hydrogen-bond acceptors (Lipinski definition) is 4. The summed E-state index contributed by atoms with van der Waals surface area (Å²) in [7, 11) is 0. The number of thiophene rings is 1. The molecule has 3 aromatic rings. The molecule has 4 rings (SSSR count). The van der Waals surface area contributed by atoms with Crippen LogP contribution in [-0.2, 0) is 6.54 Å². The molecule has 0 saturated carbocycles. The molecule has 2 aromatic heterocycles.